The number of benzene rings is 1. The molecule has 1 aromatic heterocycles. The van der Waals surface area contributed by atoms with Crippen LogP contribution in [0.15, 0.2) is 47.7 Å². The van der Waals surface area contributed by atoms with Gasteiger partial charge in [0, 0.05) is 31.6 Å². The summed E-state index contributed by atoms with van der Waals surface area (Å²) in [6.07, 6.45) is 3.34. The zero-order valence-corrected chi connectivity index (χ0v) is 16.2. The molecule has 1 aromatic carbocycles. The van der Waals surface area contributed by atoms with Gasteiger partial charge in [-0.15, -0.1) is 11.3 Å². The minimum absolute atomic E-state index is 0.0181. The van der Waals surface area contributed by atoms with Crippen LogP contribution in [0.1, 0.15) is 22.5 Å². The molecule has 2 rings (SSSR count). The summed E-state index contributed by atoms with van der Waals surface area (Å²) in [5.74, 6) is 0.467. The van der Waals surface area contributed by atoms with E-state index in [-0.39, 0.29) is 5.91 Å². The highest BCUT2D eigenvalue weighted by Gasteiger charge is 2.06. The second kappa shape index (κ2) is 8.44. The fraction of sp³-hybridized carbons (Fsp3) is 0.211. The van der Waals surface area contributed by atoms with E-state index in [1.54, 1.807) is 35.6 Å². The molecule has 0 fully saturated rings. The van der Waals surface area contributed by atoms with E-state index in [9.17, 15) is 4.79 Å². The van der Waals surface area contributed by atoms with Crippen LogP contribution < -0.4 is 16.0 Å². The van der Waals surface area contributed by atoms with Gasteiger partial charge in [-0.2, -0.15) is 0 Å². The molecule has 0 atom stereocenters. The molecule has 7 heteroatoms. The van der Waals surface area contributed by atoms with Crippen LogP contribution in [0.5, 0.6) is 0 Å². The van der Waals surface area contributed by atoms with Crippen LogP contribution >= 0.6 is 11.3 Å². The first-order chi connectivity index (χ1) is 12.3. The number of carbonyl (C=O) groups excluding carboxylic acids is 1. The maximum atomic E-state index is 11.4. The summed E-state index contributed by atoms with van der Waals surface area (Å²) in [7, 11) is 1.73. The van der Waals surface area contributed by atoms with E-state index in [1.807, 2.05) is 38.1 Å². The number of aliphatic imine (C=N–C) groups is 1. The summed E-state index contributed by atoms with van der Waals surface area (Å²) in [4.78, 5) is 22.5. The lowest BCUT2D eigenvalue weighted by molar-refractivity contribution is -0.116. The molecule has 3 N–H and O–H groups in total. The van der Waals surface area contributed by atoms with Gasteiger partial charge in [-0.3, -0.25) is 4.79 Å². The summed E-state index contributed by atoms with van der Waals surface area (Å²) in [6.45, 7) is 9.29. The number of rotatable bonds is 6. The summed E-state index contributed by atoms with van der Waals surface area (Å²) in [6, 6.07) is 7.44. The van der Waals surface area contributed by atoms with Crippen molar-refractivity contribution in [3.63, 3.8) is 0 Å². The van der Waals surface area contributed by atoms with Crippen molar-refractivity contribution >= 4 is 40.5 Å². The number of hydrogen-bond donors (Lipinski definition) is 2. The standard InChI is InChI=1S/C19H23N5OS/c1-12-19(26-14(3)22-12)18(20)10-11-21-13(2)23-16-6-8-17(9-7-16)24(5)15(4)25/h6-11,23H,2,20H2,1,3-5H3/b18-10-,21-11-. The Morgan fingerprint density at radius 1 is 1.35 bits per heavy atom. The zero-order chi connectivity index (χ0) is 19.3. The highest BCUT2D eigenvalue weighted by atomic mass is 32.1. The van der Waals surface area contributed by atoms with Crippen LogP contribution in [0.2, 0.25) is 0 Å². The minimum atomic E-state index is -0.0181. The summed E-state index contributed by atoms with van der Waals surface area (Å²) in [5, 5.41) is 4.07. The third-order valence-corrected chi connectivity index (χ3v) is 4.79. The minimum Gasteiger partial charge on any atom is -0.397 e. The number of aryl methyl sites for hydroxylation is 2. The van der Waals surface area contributed by atoms with Crippen molar-refractivity contribution in [2.24, 2.45) is 10.7 Å². The van der Waals surface area contributed by atoms with Gasteiger partial charge in [0.1, 0.15) is 5.82 Å². The van der Waals surface area contributed by atoms with E-state index in [2.05, 4.69) is 21.9 Å². The van der Waals surface area contributed by atoms with Crippen molar-refractivity contribution in [1.29, 1.82) is 0 Å². The third kappa shape index (κ3) is 5.03. The van der Waals surface area contributed by atoms with Crippen molar-refractivity contribution in [2.45, 2.75) is 20.8 Å². The number of aromatic nitrogens is 1. The first-order valence-electron chi connectivity index (χ1n) is 8.02. The second-order valence-corrected chi connectivity index (χ2v) is 6.95. The Balaban J connectivity index is 1.97. The predicted molar refractivity (Wildman–Crippen MR) is 111 cm³/mol. The van der Waals surface area contributed by atoms with Crippen LogP contribution in [0.3, 0.4) is 0 Å². The Labute approximate surface area is 157 Å². The van der Waals surface area contributed by atoms with E-state index in [4.69, 9.17) is 5.73 Å². The van der Waals surface area contributed by atoms with E-state index in [0.717, 1.165) is 27.0 Å². The molecular formula is C19H23N5OS. The maximum absolute atomic E-state index is 11.4. The number of carbonyl (C=O) groups is 1. The number of thiazole rings is 1. The molecule has 1 amide bonds. The van der Waals surface area contributed by atoms with Crippen molar-refractivity contribution in [3.05, 3.63) is 58.3 Å². The van der Waals surface area contributed by atoms with Crippen LogP contribution in [0.25, 0.3) is 5.70 Å². The largest absolute Gasteiger partial charge is 0.397 e. The predicted octanol–water partition coefficient (Wildman–Crippen LogP) is 3.70. The zero-order valence-electron chi connectivity index (χ0n) is 15.4. The Bertz CT molecular complexity index is 865. The molecule has 0 bridgehead atoms. The van der Waals surface area contributed by atoms with Gasteiger partial charge >= 0.3 is 0 Å². The summed E-state index contributed by atoms with van der Waals surface area (Å²) >= 11 is 1.56. The Morgan fingerprint density at radius 3 is 2.54 bits per heavy atom. The second-order valence-electron chi connectivity index (χ2n) is 5.74. The number of anilines is 2. The molecule has 136 valence electrons. The lowest BCUT2D eigenvalue weighted by Gasteiger charge is -2.15. The molecule has 0 aliphatic carbocycles. The Kier molecular flexibility index (Phi) is 6.30. The van der Waals surface area contributed by atoms with Crippen molar-refractivity contribution in [3.8, 4) is 0 Å². The van der Waals surface area contributed by atoms with Crippen molar-refractivity contribution < 1.29 is 4.79 Å². The molecule has 1 heterocycles. The molecule has 0 aliphatic rings. The number of hydrogen-bond acceptors (Lipinski definition) is 6. The van der Waals surface area contributed by atoms with Gasteiger partial charge in [0.15, 0.2) is 0 Å². The van der Waals surface area contributed by atoms with Gasteiger partial charge < -0.3 is 16.0 Å². The smallest absolute Gasteiger partial charge is 0.223 e. The van der Waals surface area contributed by atoms with Crippen molar-refractivity contribution in [2.75, 3.05) is 17.3 Å². The molecule has 0 saturated carbocycles. The number of amides is 1. The van der Waals surface area contributed by atoms with Gasteiger partial charge in [-0.05, 0) is 44.2 Å². The molecule has 0 radical (unpaired) electrons. The van der Waals surface area contributed by atoms with Crippen LogP contribution in [0.4, 0.5) is 11.4 Å². The molecule has 0 unspecified atom stereocenters. The van der Waals surface area contributed by atoms with Gasteiger partial charge in [-0.1, -0.05) is 6.58 Å². The number of nitrogens with zero attached hydrogens (tertiary/aromatic N) is 3. The lowest BCUT2D eigenvalue weighted by Crippen LogP contribution is -2.22. The molecule has 0 aliphatic heterocycles. The van der Waals surface area contributed by atoms with Gasteiger partial charge in [0.2, 0.25) is 5.91 Å². The Morgan fingerprint density at radius 2 is 2.00 bits per heavy atom. The van der Waals surface area contributed by atoms with Crippen LogP contribution in [-0.4, -0.2) is 24.2 Å². The summed E-state index contributed by atoms with van der Waals surface area (Å²) < 4.78 is 0. The molecule has 6 nitrogen and oxygen atoms in total. The van der Waals surface area contributed by atoms with Gasteiger partial charge in [-0.25, -0.2) is 9.98 Å². The first kappa shape index (κ1) is 19.4. The molecule has 26 heavy (non-hydrogen) atoms. The number of nitrogens with one attached hydrogen (secondary N) is 1. The average Bonchev–Trinajstić information content (AvgIpc) is 2.93. The van der Waals surface area contributed by atoms with E-state index < -0.39 is 0 Å². The van der Waals surface area contributed by atoms with E-state index in [1.165, 1.54) is 6.92 Å². The number of nitrogens with two attached hydrogens (primary N) is 1. The average molecular weight is 369 g/mol. The van der Waals surface area contributed by atoms with Gasteiger partial charge in [0.25, 0.3) is 0 Å². The first-order valence-corrected chi connectivity index (χ1v) is 8.84. The number of allylic oxidation sites excluding steroid dienone is 1. The third-order valence-electron chi connectivity index (χ3n) is 3.67. The highest BCUT2D eigenvalue weighted by Crippen LogP contribution is 2.22. The topological polar surface area (TPSA) is 83.6 Å². The monoisotopic (exact) mass is 369 g/mol. The maximum Gasteiger partial charge on any atom is 0.223 e. The van der Waals surface area contributed by atoms with Crippen LogP contribution in [0, 0.1) is 13.8 Å². The Hall–Kier alpha value is -2.93. The molecule has 0 spiro atoms. The van der Waals surface area contributed by atoms with E-state index in [0.29, 0.717) is 11.5 Å². The molecular weight excluding hydrogens is 346 g/mol. The summed E-state index contributed by atoms with van der Waals surface area (Å²) in [5.41, 5.74) is 9.27. The van der Waals surface area contributed by atoms with Crippen molar-refractivity contribution in [1.82, 2.24) is 4.98 Å². The lowest BCUT2D eigenvalue weighted by atomic mass is 10.2. The van der Waals surface area contributed by atoms with Gasteiger partial charge in [0.05, 0.1) is 21.3 Å². The normalized spacial score (nSPS) is 11.6. The fourth-order valence-electron chi connectivity index (χ4n) is 2.23. The van der Waals surface area contributed by atoms with Crippen LogP contribution in [-0.2, 0) is 4.79 Å². The molecule has 0 saturated heterocycles. The highest BCUT2D eigenvalue weighted by molar-refractivity contribution is 7.12. The molecule has 2 aromatic rings. The quantitative estimate of drug-likeness (QED) is 0.761. The SMILES string of the molecule is C=C(/N=C\C=C(/N)c1sc(C)nc1C)Nc1ccc(N(C)C(C)=O)cc1. The van der Waals surface area contributed by atoms with E-state index >= 15 is 0 Å². The fourth-order valence-corrected chi connectivity index (χ4v) is 3.09.